The first-order chi connectivity index (χ1) is 8.93. The molecular weight excluding hydrogens is 361 g/mol. The summed E-state index contributed by atoms with van der Waals surface area (Å²) in [7, 11) is 0. The van der Waals surface area contributed by atoms with Gasteiger partial charge in [-0.1, -0.05) is 29.3 Å². The molecule has 0 spiro atoms. The van der Waals surface area contributed by atoms with Crippen molar-refractivity contribution >= 4 is 44.9 Å². The molecular formula is C13H5BrCl2F2O. The largest absolute Gasteiger partial charge is 0.288 e. The molecule has 6 heteroatoms. The summed E-state index contributed by atoms with van der Waals surface area (Å²) in [5.74, 6) is -2.79. The van der Waals surface area contributed by atoms with E-state index in [0.29, 0.717) is 0 Å². The van der Waals surface area contributed by atoms with Crippen molar-refractivity contribution in [1.82, 2.24) is 0 Å². The molecule has 98 valence electrons. The van der Waals surface area contributed by atoms with Crippen LogP contribution in [-0.2, 0) is 0 Å². The lowest BCUT2D eigenvalue weighted by molar-refractivity contribution is 0.103. The number of rotatable bonds is 2. The molecule has 0 bridgehead atoms. The van der Waals surface area contributed by atoms with Gasteiger partial charge in [-0.15, -0.1) is 0 Å². The Morgan fingerprint density at radius 1 is 1.11 bits per heavy atom. The minimum Gasteiger partial charge on any atom is -0.288 e. The summed E-state index contributed by atoms with van der Waals surface area (Å²) in [6.45, 7) is 0. The molecule has 0 aromatic heterocycles. The summed E-state index contributed by atoms with van der Waals surface area (Å²) in [6, 6.07) is 6.50. The third-order valence-electron chi connectivity index (χ3n) is 2.47. The fraction of sp³-hybridized carbons (Fsp3) is 0. The van der Waals surface area contributed by atoms with Crippen molar-refractivity contribution < 1.29 is 13.6 Å². The Bertz CT molecular complexity index is 674. The van der Waals surface area contributed by atoms with Crippen LogP contribution in [0.5, 0.6) is 0 Å². The minimum absolute atomic E-state index is 0.00426. The molecule has 2 rings (SSSR count). The van der Waals surface area contributed by atoms with E-state index in [1.807, 2.05) is 0 Å². The zero-order valence-electron chi connectivity index (χ0n) is 9.18. The molecule has 0 unspecified atom stereocenters. The maximum atomic E-state index is 13.8. The summed E-state index contributed by atoms with van der Waals surface area (Å²) in [4.78, 5) is 12.2. The lowest BCUT2D eigenvalue weighted by Crippen LogP contribution is -2.08. The SMILES string of the molecule is O=C(c1cccc(Cl)c1Cl)c1c(F)ccc(Br)c1F. The van der Waals surface area contributed by atoms with E-state index in [4.69, 9.17) is 23.2 Å². The highest BCUT2D eigenvalue weighted by molar-refractivity contribution is 9.10. The molecule has 0 aliphatic carbocycles. The first kappa shape index (κ1) is 14.4. The fourth-order valence-corrected chi connectivity index (χ4v) is 2.27. The normalized spacial score (nSPS) is 10.6. The molecule has 19 heavy (non-hydrogen) atoms. The summed E-state index contributed by atoms with van der Waals surface area (Å²) in [5, 5.41) is 0.108. The van der Waals surface area contributed by atoms with Crippen LogP contribution >= 0.6 is 39.1 Å². The average molecular weight is 366 g/mol. The van der Waals surface area contributed by atoms with Crippen molar-refractivity contribution in [3.05, 3.63) is 67.6 Å². The Balaban J connectivity index is 2.63. The number of carbonyl (C=O) groups is 1. The van der Waals surface area contributed by atoms with Crippen LogP contribution in [0.4, 0.5) is 8.78 Å². The molecule has 2 aromatic rings. The van der Waals surface area contributed by atoms with Gasteiger partial charge in [0.15, 0.2) is 5.82 Å². The lowest BCUT2D eigenvalue weighted by atomic mass is 10.0. The standard InChI is InChI=1S/C13H5BrCl2F2O/c14-7-4-5-9(17)10(12(7)18)13(19)6-2-1-3-8(15)11(6)16/h1-5H. The van der Waals surface area contributed by atoms with Gasteiger partial charge in [-0.3, -0.25) is 4.79 Å². The van der Waals surface area contributed by atoms with Crippen LogP contribution < -0.4 is 0 Å². The van der Waals surface area contributed by atoms with Gasteiger partial charge in [0, 0.05) is 5.56 Å². The summed E-state index contributed by atoms with van der Waals surface area (Å²) in [5.41, 5.74) is -0.719. The number of ketones is 1. The van der Waals surface area contributed by atoms with Gasteiger partial charge in [-0.25, -0.2) is 8.78 Å². The Labute approximate surface area is 126 Å². The monoisotopic (exact) mass is 364 g/mol. The summed E-state index contributed by atoms with van der Waals surface area (Å²) in [6.07, 6.45) is 0. The van der Waals surface area contributed by atoms with Gasteiger partial charge in [0.25, 0.3) is 0 Å². The zero-order valence-corrected chi connectivity index (χ0v) is 12.3. The van der Waals surface area contributed by atoms with E-state index >= 15 is 0 Å². The maximum absolute atomic E-state index is 13.8. The van der Waals surface area contributed by atoms with Gasteiger partial charge >= 0.3 is 0 Å². The van der Waals surface area contributed by atoms with Crippen molar-refractivity contribution in [3.8, 4) is 0 Å². The van der Waals surface area contributed by atoms with E-state index in [1.165, 1.54) is 24.3 Å². The number of halogens is 5. The molecule has 0 radical (unpaired) electrons. The van der Waals surface area contributed by atoms with Crippen molar-refractivity contribution in [3.63, 3.8) is 0 Å². The van der Waals surface area contributed by atoms with Gasteiger partial charge in [-0.2, -0.15) is 0 Å². The quantitative estimate of drug-likeness (QED) is 0.523. The van der Waals surface area contributed by atoms with Crippen LogP contribution in [-0.4, -0.2) is 5.78 Å². The Morgan fingerprint density at radius 2 is 1.79 bits per heavy atom. The van der Waals surface area contributed by atoms with Gasteiger partial charge in [0.2, 0.25) is 5.78 Å². The number of carbonyl (C=O) groups excluding carboxylic acids is 1. The van der Waals surface area contributed by atoms with Crippen LogP contribution in [0.3, 0.4) is 0 Å². The van der Waals surface area contributed by atoms with E-state index in [1.54, 1.807) is 0 Å². The lowest BCUT2D eigenvalue weighted by Gasteiger charge is -2.08. The molecule has 0 amide bonds. The molecule has 1 nitrogen and oxygen atoms in total. The smallest absolute Gasteiger partial charge is 0.200 e. The molecule has 0 N–H and O–H groups in total. The van der Waals surface area contributed by atoms with E-state index in [0.717, 1.165) is 6.07 Å². The number of hydrogen-bond donors (Lipinski definition) is 0. The van der Waals surface area contributed by atoms with Crippen molar-refractivity contribution in [2.45, 2.75) is 0 Å². The van der Waals surface area contributed by atoms with Crippen molar-refractivity contribution in [2.24, 2.45) is 0 Å². The third kappa shape index (κ3) is 2.66. The highest BCUT2D eigenvalue weighted by Crippen LogP contribution is 2.30. The maximum Gasteiger partial charge on any atom is 0.200 e. The number of benzene rings is 2. The second kappa shape index (κ2) is 5.57. The predicted octanol–water partition coefficient (Wildman–Crippen LogP) is 5.27. The van der Waals surface area contributed by atoms with Crippen LogP contribution in [0.1, 0.15) is 15.9 Å². The van der Waals surface area contributed by atoms with Crippen molar-refractivity contribution in [2.75, 3.05) is 0 Å². The van der Waals surface area contributed by atoms with E-state index in [-0.39, 0.29) is 20.1 Å². The first-order valence-corrected chi connectivity index (χ1v) is 6.60. The first-order valence-electron chi connectivity index (χ1n) is 5.05. The molecule has 0 fully saturated rings. The highest BCUT2D eigenvalue weighted by atomic mass is 79.9. The molecule has 0 aliphatic rings. The van der Waals surface area contributed by atoms with E-state index in [2.05, 4.69) is 15.9 Å². The van der Waals surface area contributed by atoms with Gasteiger partial charge < -0.3 is 0 Å². The van der Waals surface area contributed by atoms with Crippen LogP contribution in [0.25, 0.3) is 0 Å². The zero-order chi connectivity index (χ0) is 14.2. The fourth-order valence-electron chi connectivity index (χ4n) is 1.55. The summed E-state index contributed by atoms with van der Waals surface area (Å²) >= 11 is 14.5. The number of hydrogen-bond acceptors (Lipinski definition) is 1. The molecule has 2 aromatic carbocycles. The topological polar surface area (TPSA) is 17.1 Å². The molecule has 0 heterocycles. The highest BCUT2D eigenvalue weighted by Gasteiger charge is 2.23. The van der Waals surface area contributed by atoms with Crippen LogP contribution in [0.2, 0.25) is 10.0 Å². The van der Waals surface area contributed by atoms with Gasteiger partial charge in [0.05, 0.1) is 20.1 Å². The van der Waals surface area contributed by atoms with Gasteiger partial charge in [0.1, 0.15) is 5.82 Å². The second-order valence-electron chi connectivity index (χ2n) is 3.65. The van der Waals surface area contributed by atoms with Crippen molar-refractivity contribution in [1.29, 1.82) is 0 Å². The van der Waals surface area contributed by atoms with E-state index < -0.39 is 23.0 Å². The average Bonchev–Trinajstić information content (AvgIpc) is 2.37. The van der Waals surface area contributed by atoms with Crippen LogP contribution in [0, 0.1) is 11.6 Å². The third-order valence-corrected chi connectivity index (χ3v) is 3.90. The second-order valence-corrected chi connectivity index (χ2v) is 5.29. The Kier molecular flexibility index (Phi) is 4.23. The van der Waals surface area contributed by atoms with E-state index in [9.17, 15) is 13.6 Å². The van der Waals surface area contributed by atoms with Gasteiger partial charge in [-0.05, 0) is 40.2 Å². The summed E-state index contributed by atoms with van der Waals surface area (Å²) < 4.78 is 27.5. The molecule has 0 saturated carbocycles. The molecule has 0 atom stereocenters. The Morgan fingerprint density at radius 3 is 2.47 bits per heavy atom. The minimum atomic E-state index is -0.971. The predicted molar refractivity (Wildman–Crippen MR) is 74.0 cm³/mol. The van der Waals surface area contributed by atoms with Crippen LogP contribution in [0.15, 0.2) is 34.8 Å². The Hall–Kier alpha value is -0.970. The molecule has 0 aliphatic heterocycles. The molecule has 0 saturated heterocycles.